The van der Waals surface area contributed by atoms with E-state index < -0.39 is 0 Å². The first-order valence-corrected chi connectivity index (χ1v) is 10.6. The summed E-state index contributed by atoms with van der Waals surface area (Å²) in [5.41, 5.74) is 1.99. The third-order valence-electron chi connectivity index (χ3n) is 5.66. The molecule has 1 aliphatic rings. The maximum atomic E-state index is 12.6. The number of nitrogens with zero attached hydrogens (tertiary/aromatic N) is 2. The lowest BCUT2D eigenvalue weighted by molar-refractivity contribution is -0.126. The number of carbonyl (C=O) groups excluding carboxylic acids is 2. The third kappa shape index (κ3) is 4.82. The van der Waals surface area contributed by atoms with Gasteiger partial charge in [0, 0.05) is 43.6 Å². The molecule has 3 aromatic rings. The molecule has 2 N–H and O–H groups in total. The van der Waals surface area contributed by atoms with Crippen LogP contribution in [0.1, 0.15) is 19.3 Å². The molecule has 6 nitrogen and oxygen atoms in total. The van der Waals surface area contributed by atoms with Crippen LogP contribution in [0.25, 0.3) is 10.9 Å². The van der Waals surface area contributed by atoms with E-state index in [4.69, 9.17) is 0 Å². The summed E-state index contributed by atoms with van der Waals surface area (Å²) in [6.45, 7) is 2.65. The number of carbonyl (C=O) groups is 2. The van der Waals surface area contributed by atoms with Crippen molar-refractivity contribution in [2.75, 3.05) is 25.0 Å². The quantitative estimate of drug-likeness (QED) is 0.608. The molecule has 0 bridgehead atoms. The van der Waals surface area contributed by atoms with Gasteiger partial charge in [0.2, 0.25) is 5.91 Å². The lowest BCUT2D eigenvalue weighted by Crippen LogP contribution is -2.47. The van der Waals surface area contributed by atoms with Crippen LogP contribution in [-0.4, -0.2) is 41.0 Å². The third-order valence-corrected chi connectivity index (χ3v) is 5.66. The van der Waals surface area contributed by atoms with Crippen LogP contribution < -0.4 is 10.6 Å². The average Bonchev–Trinajstić information content (AvgIpc) is 3.20. The standard InChI is InChI=1S/C24H28N4O2/c29-23(25-14-7-16-27-17-13-19-8-4-5-12-22(19)27)20-9-6-15-28(18-20)24(30)26-21-10-2-1-3-11-21/h1-5,8,10-13,17,20H,6-7,9,14-16,18H2,(H,25,29)(H,26,30)/t20-/m1/s1. The summed E-state index contributed by atoms with van der Waals surface area (Å²) >= 11 is 0. The maximum Gasteiger partial charge on any atom is 0.321 e. The molecule has 0 radical (unpaired) electrons. The molecule has 2 aromatic carbocycles. The fourth-order valence-corrected chi connectivity index (χ4v) is 4.04. The summed E-state index contributed by atoms with van der Waals surface area (Å²) < 4.78 is 2.22. The zero-order valence-corrected chi connectivity index (χ0v) is 17.1. The maximum absolute atomic E-state index is 12.6. The molecule has 0 spiro atoms. The van der Waals surface area contributed by atoms with Gasteiger partial charge >= 0.3 is 6.03 Å². The zero-order chi connectivity index (χ0) is 20.8. The van der Waals surface area contributed by atoms with Crippen molar-refractivity contribution in [2.45, 2.75) is 25.8 Å². The first-order chi connectivity index (χ1) is 14.7. The highest BCUT2D eigenvalue weighted by Crippen LogP contribution is 2.18. The molecule has 4 rings (SSSR count). The summed E-state index contributed by atoms with van der Waals surface area (Å²) in [6.07, 6.45) is 4.63. The second kappa shape index (κ2) is 9.48. The van der Waals surface area contributed by atoms with Crippen LogP contribution in [-0.2, 0) is 11.3 Å². The van der Waals surface area contributed by atoms with E-state index in [-0.39, 0.29) is 17.9 Å². The van der Waals surface area contributed by atoms with Gasteiger partial charge in [0.15, 0.2) is 0 Å². The molecule has 156 valence electrons. The summed E-state index contributed by atoms with van der Waals surface area (Å²) in [5.74, 6) is -0.0998. The van der Waals surface area contributed by atoms with Crippen molar-refractivity contribution in [3.63, 3.8) is 0 Å². The monoisotopic (exact) mass is 404 g/mol. The van der Waals surface area contributed by atoms with Crippen LogP contribution in [0.5, 0.6) is 0 Å². The second-order valence-electron chi connectivity index (χ2n) is 7.79. The van der Waals surface area contributed by atoms with Gasteiger partial charge in [-0.05, 0) is 48.9 Å². The number of fused-ring (bicyclic) bond motifs is 1. The number of hydrogen-bond acceptors (Lipinski definition) is 2. The van der Waals surface area contributed by atoms with E-state index in [2.05, 4.69) is 39.6 Å². The average molecular weight is 405 g/mol. The Bertz CT molecular complexity index is 999. The fourth-order valence-electron chi connectivity index (χ4n) is 4.04. The Hall–Kier alpha value is -3.28. The molecule has 1 aliphatic heterocycles. The largest absolute Gasteiger partial charge is 0.356 e. The predicted octanol–water partition coefficient (Wildman–Crippen LogP) is 4.09. The van der Waals surface area contributed by atoms with Crippen LogP contribution in [0, 0.1) is 5.92 Å². The van der Waals surface area contributed by atoms with Gasteiger partial charge in [-0.3, -0.25) is 4.79 Å². The highest BCUT2D eigenvalue weighted by molar-refractivity contribution is 5.90. The number of nitrogens with one attached hydrogen (secondary N) is 2. The van der Waals surface area contributed by atoms with Gasteiger partial charge in [-0.2, -0.15) is 0 Å². The van der Waals surface area contributed by atoms with Gasteiger partial charge < -0.3 is 20.1 Å². The molecule has 0 unspecified atom stereocenters. The van der Waals surface area contributed by atoms with E-state index in [9.17, 15) is 9.59 Å². The van der Waals surface area contributed by atoms with E-state index in [1.807, 2.05) is 42.5 Å². The normalized spacial score (nSPS) is 16.4. The van der Waals surface area contributed by atoms with E-state index in [1.165, 1.54) is 10.9 Å². The number of aryl methyl sites for hydroxylation is 1. The van der Waals surface area contributed by atoms with Crippen LogP contribution in [0.3, 0.4) is 0 Å². The highest BCUT2D eigenvalue weighted by atomic mass is 16.2. The van der Waals surface area contributed by atoms with Crippen molar-refractivity contribution in [1.82, 2.24) is 14.8 Å². The minimum Gasteiger partial charge on any atom is -0.356 e. The number of hydrogen-bond donors (Lipinski definition) is 2. The zero-order valence-electron chi connectivity index (χ0n) is 17.1. The highest BCUT2D eigenvalue weighted by Gasteiger charge is 2.28. The Kier molecular flexibility index (Phi) is 6.32. The Labute approximate surface area is 176 Å². The van der Waals surface area contributed by atoms with Crippen molar-refractivity contribution in [2.24, 2.45) is 5.92 Å². The number of rotatable bonds is 6. The first kappa shape index (κ1) is 20.0. The number of amides is 3. The van der Waals surface area contributed by atoms with Crippen molar-refractivity contribution in [1.29, 1.82) is 0 Å². The lowest BCUT2D eigenvalue weighted by atomic mass is 9.97. The van der Waals surface area contributed by atoms with Gasteiger partial charge in [0.05, 0.1) is 5.92 Å². The van der Waals surface area contributed by atoms with E-state index in [0.717, 1.165) is 31.5 Å². The predicted molar refractivity (Wildman–Crippen MR) is 119 cm³/mol. The fraction of sp³-hybridized carbons (Fsp3) is 0.333. The summed E-state index contributed by atoms with van der Waals surface area (Å²) in [5, 5.41) is 7.20. The molecule has 1 atom stereocenters. The van der Waals surface area contributed by atoms with E-state index in [1.54, 1.807) is 4.90 Å². The number of likely N-dealkylation sites (tertiary alicyclic amines) is 1. The van der Waals surface area contributed by atoms with Crippen molar-refractivity contribution >= 4 is 28.5 Å². The van der Waals surface area contributed by atoms with Gasteiger partial charge in [-0.25, -0.2) is 4.79 Å². The van der Waals surface area contributed by atoms with Gasteiger partial charge in [-0.1, -0.05) is 36.4 Å². The Balaban J connectivity index is 1.22. The topological polar surface area (TPSA) is 66.4 Å². The SMILES string of the molecule is O=C(NCCCn1ccc2ccccc21)[C@@H]1CCCN(C(=O)Nc2ccccc2)C1. The number of benzene rings is 2. The molecule has 0 aliphatic carbocycles. The van der Waals surface area contributed by atoms with E-state index in [0.29, 0.717) is 19.6 Å². The van der Waals surface area contributed by atoms with Gasteiger partial charge in [0.25, 0.3) is 0 Å². The van der Waals surface area contributed by atoms with Crippen LogP contribution >= 0.6 is 0 Å². The number of piperidine rings is 1. The molecule has 1 fully saturated rings. The molecule has 0 saturated carbocycles. The minimum atomic E-state index is -0.146. The number of aromatic nitrogens is 1. The van der Waals surface area contributed by atoms with Crippen molar-refractivity contribution < 1.29 is 9.59 Å². The smallest absolute Gasteiger partial charge is 0.321 e. The van der Waals surface area contributed by atoms with Gasteiger partial charge in [-0.15, -0.1) is 0 Å². The second-order valence-corrected chi connectivity index (χ2v) is 7.79. The molecule has 3 amide bonds. The molecule has 2 heterocycles. The Morgan fingerprint density at radius 2 is 1.80 bits per heavy atom. The van der Waals surface area contributed by atoms with Crippen molar-refractivity contribution in [3.8, 4) is 0 Å². The summed E-state index contributed by atoms with van der Waals surface area (Å²) in [6, 6.07) is 19.7. The molecular formula is C24H28N4O2. The molecule has 6 heteroatoms. The molecule has 30 heavy (non-hydrogen) atoms. The Morgan fingerprint density at radius 3 is 2.67 bits per heavy atom. The molecule has 1 saturated heterocycles. The molecule has 1 aromatic heterocycles. The Morgan fingerprint density at radius 1 is 1.00 bits per heavy atom. The number of urea groups is 1. The lowest BCUT2D eigenvalue weighted by Gasteiger charge is -2.32. The number of anilines is 1. The minimum absolute atomic E-state index is 0.0459. The van der Waals surface area contributed by atoms with E-state index >= 15 is 0 Å². The summed E-state index contributed by atoms with van der Waals surface area (Å²) in [7, 11) is 0. The van der Waals surface area contributed by atoms with Crippen LogP contribution in [0.15, 0.2) is 66.9 Å². The van der Waals surface area contributed by atoms with Crippen LogP contribution in [0.4, 0.5) is 10.5 Å². The van der Waals surface area contributed by atoms with Crippen LogP contribution in [0.2, 0.25) is 0 Å². The molecular weight excluding hydrogens is 376 g/mol. The van der Waals surface area contributed by atoms with Gasteiger partial charge in [0.1, 0.15) is 0 Å². The first-order valence-electron chi connectivity index (χ1n) is 10.6. The van der Waals surface area contributed by atoms with Crippen molar-refractivity contribution in [3.05, 3.63) is 66.9 Å². The summed E-state index contributed by atoms with van der Waals surface area (Å²) in [4.78, 5) is 26.9. The number of para-hydroxylation sites is 2.